The molecule has 0 saturated carbocycles. The van der Waals surface area contributed by atoms with Gasteiger partial charge >= 0.3 is 0 Å². The first-order valence-electron chi connectivity index (χ1n) is 8.27. The molecular formula is C20H16FN3OS2. The zero-order chi connectivity index (χ0) is 19.0. The number of rotatable bonds is 3. The van der Waals surface area contributed by atoms with Gasteiger partial charge in [-0.1, -0.05) is 23.9 Å². The maximum Gasteiger partial charge on any atom is 0.272 e. The third-order valence-electron chi connectivity index (χ3n) is 4.23. The highest BCUT2D eigenvalue weighted by molar-refractivity contribution is 8.08. The van der Waals surface area contributed by atoms with Gasteiger partial charge in [0.2, 0.25) is 0 Å². The van der Waals surface area contributed by atoms with Crippen LogP contribution in [-0.2, 0) is 6.54 Å². The van der Waals surface area contributed by atoms with E-state index in [4.69, 9.17) is 0 Å². The number of hydrogen-bond acceptors (Lipinski definition) is 5. The molecule has 1 aromatic carbocycles. The van der Waals surface area contributed by atoms with Gasteiger partial charge < -0.3 is 4.90 Å². The molecule has 0 saturated heterocycles. The Morgan fingerprint density at radius 3 is 2.74 bits per heavy atom. The summed E-state index contributed by atoms with van der Waals surface area (Å²) in [5, 5.41) is 0.747. The molecule has 2 aromatic heterocycles. The average molecular weight is 398 g/mol. The summed E-state index contributed by atoms with van der Waals surface area (Å²) in [6.45, 7) is 4.17. The fourth-order valence-corrected chi connectivity index (χ4v) is 5.34. The molecule has 3 aromatic rings. The van der Waals surface area contributed by atoms with Crippen LogP contribution in [0.4, 0.5) is 10.1 Å². The van der Waals surface area contributed by atoms with Crippen LogP contribution in [0.15, 0.2) is 65.1 Å². The Balaban J connectivity index is 1.96. The van der Waals surface area contributed by atoms with Crippen LogP contribution in [0, 0.1) is 5.82 Å². The van der Waals surface area contributed by atoms with Crippen LogP contribution in [0.5, 0.6) is 0 Å². The number of anilines is 1. The number of allylic oxidation sites excluding steroid dienone is 1. The molecule has 0 unspecified atom stereocenters. The van der Waals surface area contributed by atoms with Gasteiger partial charge in [-0.05, 0) is 35.9 Å². The van der Waals surface area contributed by atoms with Gasteiger partial charge in [-0.15, -0.1) is 17.9 Å². The monoisotopic (exact) mass is 397 g/mol. The summed E-state index contributed by atoms with van der Waals surface area (Å²) >= 11 is 2.70. The molecule has 0 radical (unpaired) electrons. The highest BCUT2D eigenvalue weighted by Gasteiger charge is 2.27. The van der Waals surface area contributed by atoms with Crippen LogP contribution in [-0.4, -0.2) is 16.6 Å². The maximum absolute atomic E-state index is 14.2. The molecule has 0 N–H and O–H groups in total. The van der Waals surface area contributed by atoms with E-state index >= 15 is 0 Å². The number of pyridine rings is 1. The first-order valence-corrected chi connectivity index (χ1v) is 9.90. The first kappa shape index (κ1) is 17.8. The Hall–Kier alpha value is -2.64. The van der Waals surface area contributed by atoms with Crippen molar-refractivity contribution in [3.05, 3.63) is 86.3 Å². The van der Waals surface area contributed by atoms with E-state index in [1.165, 1.54) is 29.2 Å². The van der Waals surface area contributed by atoms with E-state index in [0.29, 0.717) is 16.0 Å². The fraction of sp³-hybridized carbons (Fsp3) is 0.100. The van der Waals surface area contributed by atoms with E-state index in [9.17, 15) is 9.18 Å². The zero-order valence-corrected chi connectivity index (χ0v) is 16.2. The molecule has 0 aliphatic carbocycles. The number of thioether (sulfide) groups is 1. The van der Waals surface area contributed by atoms with Crippen molar-refractivity contribution in [3.63, 3.8) is 0 Å². The quantitative estimate of drug-likeness (QED) is 0.637. The van der Waals surface area contributed by atoms with Crippen molar-refractivity contribution in [2.75, 3.05) is 11.9 Å². The summed E-state index contributed by atoms with van der Waals surface area (Å²) in [6.07, 6.45) is 7.08. The van der Waals surface area contributed by atoms with Crippen molar-refractivity contribution < 1.29 is 4.39 Å². The second-order valence-electron chi connectivity index (χ2n) is 5.95. The van der Waals surface area contributed by atoms with E-state index in [0.717, 1.165) is 20.9 Å². The molecule has 0 spiro atoms. The lowest BCUT2D eigenvalue weighted by Crippen LogP contribution is -2.33. The van der Waals surface area contributed by atoms with Gasteiger partial charge in [0, 0.05) is 26.0 Å². The molecular weight excluding hydrogens is 381 g/mol. The molecule has 1 aliphatic heterocycles. The molecule has 4 rings (SSSR count). The summed E-state index contributed by atoms with van der Waals surface area (Å²) in [5.74, 6) is -0.272. The molecule has 7 heteroatoms. The predicted molar refractivity (Wildman–Crippen MR) is 110 cm³/mol. The summed E-state index contributed by atoms with van der Waals surface area (Å²) < 4.78 is 17.3. The van der Waals surface area contributed by atoms with Gasteiger partial charge in [-0.25, -0.2) is 4.39 Å². The number of benzene rings is 1. The third-order valence-corrected chi connectivity index (χ3v) is 6.75. The van der Waals surface area contributed by atoms with Gasteiger partial charge in [-0.3, -0.25) is 14.3 Å². The molecule has 1 aliphatic rings. The lowest BCUT2D eigenvalue weighted by molar-refractivity contribution is 0.603. The second kappa shape index (κ2) is 7.17. The Morgan fingerprint density at radius 1 is 1.26 bits per heavy atom. The number of halogens is 1. The lowest BCUT2D eigenvalue weighted by Gasteiger charge is -2.11. The van der Waals surface area contributed by atoms with Gasteiger partial charge in [0.25, 0.3) is 5.56 Å². The normalized spacial score (nSPS) is 15.9. The Bertz CT molecular complexity index is 1200. The lowest BCUT2D eigenvalue weighted by atomic mass is 10.3. The largest absolute Gasteiger partial charge is 0.337 e. The second-order valence-corrected chi connectivity index (χ2v) is 7.98. The maximum atomic E-state index is 14.2. The van der Waals surface area contributed by atoms with Gasteiger partial charge in [0.15, 0.2) is 0 Å². The number of nitrogens with zero attached hydrogens (tertiary/aromatic N) is 3. The molecule has 0 atom stereocenters. The number of aromatic nitrogens is 2. The summed E-state index contributed by atoms with van der Waals surface area (Å²) in [7, 11) is 1.86. The van der Waals surface area contributed by atoms with E-state index in [1.54, 1.807) is 29.1 Å². The molecule has 4 nitrogen and oxygen atoms in total. The highest BCUT2D eigenvalue weighted by Crippen LogP contribution is 2.46. The summed E-state index contributed by atoms with van der Waals surface area (Å²) in [5.41, 5.74) is 1.64. The Labute approximate surface area is 163 Å². The average Bonchev–Trinajstić information content (AvgIpc) is 3.16. The smallest absolute Gasteiger partial charge is 0.272 e. The van der Waals surface area contributed by atoms with Crippen LogP contribution in [0.25, 0.3) is 11.1 Å². The van der Waals surface area contributed by atoms with Crippen LogP contribution in [0.1, 0.15) is 5.56 Å². The molecule has 0 amide bonds. The van der Waals surface area contributed by atoms with Gasteiger partial charge in [0.1, 0.15) is 15.4 Å². The van der Waals surface area contributed by atoms with Crippen LogP contribution in [0.3, 0.4) is 0 Å². The van der Waals surface area contributed by atoms with E-state index in [-0.39, 0.29) is 11.4 Å². The van der Waals surface area contributed by atoms with Crippen LogP contribution < -0.4 is 19.7 Å². The van der Waals surface area contributed by atoms with Crippen LogP contribution >= 0.6 is 23.1 Å². The molecule has 136 valence electrons. The third kappa shape index (κ3) is 3.13. The minimum atomic E-state index is -0.272. The summed E-state index contributed by atoms with van der Waals surface area (Å²) in [6, 6.07) is 8.75. The van der Waals surface area contributed by atoms with E-state index in [2.05, 4.69) is 11.6 Å². The van der Waals surface area contributed by atoms with Crippen molar-refractivity contribution in [1.82, 2.24) is 9.55 Å². The minimum Gasteiger partial charge on any atom is -0.337 e. The van der Waals surface area contributed by atoms with Crippen molar-refractivity contribution in [3.8, 4) is 0 Å². The summed E-state index contributed by atoms with van der Waals surface area (Å²) in [4.78, 5) is 19.5. The van der Waals surface area contributed by atoms with Gasteiger partial charge in [0.05, 0.1) is 15.2 Å². The zero-order valence-electron chi connectivity index (χ0n) is 14.6. The van der Waals surface area contributed by atoms with Gasteiger partial charge in [-0.2, -0.15) is 0 Å². The van der Waals surface area contributed by atoms with Crippen molar-refractivity contribution in [1.29, 1.82) is 0 Å². The fourth-order valence-electron chi connectivity index (χ4n) is 2.91. The van der Waals surface area contributed by atoms with Crippen molar-refractivity contribution in [2.24, 2.45) is 0 Å². The standard InChI is InChI=1S/C20H16FN3OS2/c1-3-11-24-16(12-13-7-9-22-10-8-13)26-18(19(24)25)20-23(2)15-6-4-5-14(21)17(15)27-20/h3-10,12H,1,11H2,2H3/b16-12-,20-18+. The molecule has 3 heterocycles. The van der Waals surface area contributed by atoms with Crippen molar-refractivity contribution >= 4 is 39.9 Å². The Morgan fingerprint density at radius 2 is 2.04 bits per heavy atom. The molecule has 0 bridgehead atoms. The van der Waals surface area contributed by atoms with E-state index in [1.807, 2.05) is 36.2 Å². The predicted octanol–water partition coefficient (Wildman–Crippen LogP) is 2.77. The number of thiazole rings is 1. The SMILES string of the molecule is C=CCn1c(=O)/c(=C2\Sc3c(F)cccc3N2C)s/c1=C\c1ccncc1. The number of fused-ring (bicyclic) bond motifs is 1. The molecule has 0 fully saturated rings. The topological polar surface area (TPSA) is 38.1 Å². The Kier molecular flexibility index (Phi) is 4.72. The molecule has 27 heavy (non-hydrogen) atoms. The van der Waals surface area contributed by atoms with Crippen LogP contribution in [0.2, 0.25) is 0 Å². The van der Waals surface area contributed by atoms with Crippen molar-refractivity contribution in [2.45, 2.75) is 11.4 Å². The number of hydrogen-bond donors (Lipinski definition) is 0. The highest BCUT2D eigenvalue weighted by atomic mass is 32.2. The first-order chi connectivity index (χ1) is 13.1. The minimum absolute atomic E-state index is 0.0947. The van der Waals surface area contributed by atoms with E-state index < -0.39 is 0 Å².